The van der Waals surface area contributed by atoms with E-state index in [2.05, 4.69) is 51.9 Å². The fourth-order valence-electron chi connectivity index (χ4n) is 2.59. The Morgan fingerprint density at radius 2 is 2.12 bits per heavy atom. The number of halogens is 1. The molecule has 1 aliphatic carbocycles. The molecule has 1 heterocycles. The van der Waals surface area contributed by atoms with Crippen molar-refractivity contribution in [1.29, 1.82) is 0 Å². The van der Waals surface area contributed by atoms with Gasteiger partial charge < -0.3 is 10.3 Å². The number of aromatic nitrogens is 1. The molecule has 16 heavy (non-hydrogen) atoms. The number of aryl methyl sites for hydroxylation is 1. The molecule has 0 unspecified atom stereocenters. The van der Waals surface area contributed by atoms with Gasteiger partial charge in [0.15, 0.2) is 0 Å². The molecule has 1 aromatic heterocycles. The van der Waals surface area contributed by atoms with E-state index in [1.807, 2.05) is 0 Å². The number of nitrogens with two attached hydrogens (primary N) is 1. The Labute approximate surface area is 104 Å². The van der Waals surface area contributed by atoms with Crippen molar-refractivity contribution in [3.05, 3.63) is 34.4 Å². The molecule has 1 fully saturated rings. The highest BCUT2D eigenvalue weighted by molar-refractivity contribution is 9.10. The quantitative estimate of drug-likeness (QED) is 0.853. The molecule has 0 bridgehead atoms. The van der Waals surface area contributed by atoms with Crippen LogP contribution in [0.5, 0.6) is 0 Å². The topological polar surface area (TPSA) is 30.9 Å². The maximum Gasteiger partial charge on any atom is 0.0482 e. The van der Waals surface area contributed by atoms with E-state index in [1.54, 1.807) is 0 Å². The summed E-state index contributed by atoms with van der Waals surface area (Å²) in [5.41, 5.74) is 8.90. The van der Waals surface area contributed by atoms with Gasteiger partial charge in [0.05, 0.1) is 0 Å². The van der Waals surface area contributed by atoms with E-state index in [9.17, 15) is 0 Å². The minimum absolute atomic E-state index is 0.0830. The molecule has 2 aromatic rings. The minimum atomic E-state index is -0.0830. The molecule has 0 aliphatic heterocycles. The Hall–Kier alpha value is -0.800. The smallest absolute Gasteiger partial charge is 0.0482 e. The second kappa shape index (κ2) is 3.34. The Morgan fingerprint density at radius 3 is 2.75 bits per heavy atom. The molecule has 1 saturated carbocycles. The van der Waals surface area contributed by atoms with Crippen molar-refractivity contribution >= 4 is 26.8 Å². The van der Waals surface area contributed by atoms with Crippen LogP contribution in [0.25, 0.3) is 10.9 Å². The zero-order chi connectivity index (χ0) is 11.3. The fourth-order valence-corrected chi connectivity index (χ4v) is 2.95. The standard InChI is InChI=1S/C13H15BrN2/c1-16-8-11(13(15)5-2-6-13)10-7-9(14)3-4-12(10)16/h3-4,7-8H,2,5-6,15H2,1H3. The third kappa shape index (κ3) is 1.35. The second-order valence-corrected chi connectivity index (χ2v) is 5.74. The van der Waals surface area contributed by atoms with Crippen LogP contribution in [0.1, 0.15) is 24.8 Å². The summed E-state index contributed by atoms with van der Waals surface area (Å²) in [4.78, 5) is 0. The number of nitrogens with zero attached hydrogens (tertiary/aromatic N) is 1. The van der Waals surface area contributed by atoms with E-state index in [0.29, 0.717) is 0 Å². The average molecular weight is 279 g/mol. The number of fused-ring (bicyclic) bond motifs is 1. The summed E-state index contributed by atoms with van der Waals surface area (Å²) in [6.07, 6.45) is 5.66. The molecule has 2 nitrogen and oxygen atoms in total. The molecule has 0 amide bonds. The van der Waals surface area contributed by atoms with Crippen molar-refractivity contribution in [3.8, 4) is 0 Å². The van der Waals surface area contributed by atoms with Gasteiger partial charge in [-0.05, 0) is 43.0 Å². The molecule has 0 saturated heterocycles. The lowest BCUT2D eigenvalue weighted by atomic mass is 9.73. The average Bonchev–Trinajstić information content (AvgIpc) is 2.52. The summed E-state index contributed by atoms with van der Waals surface area (Å²) < 4.78 is 3.29. The van der Waals surface area contributed by atoms with E-state index in [-0.39, 0.29) is 5.54 Å². The van der Waals surface area contributed by atoms with Gasteiger partial charge in [-0.1, -0.05) is 15.9 Å². The van der Waals surface area contributed by atoms with Crippen molar-refractivity contribution in [1.82, 2.24) is 4.57 Å². The highest BCUT2D eigenvalue weighted by Crippen LogP contribution is 2.42. The molecule has 0 radical (unpaired) electrons. The molecular formula is C13H15BrN2. The monoisotopic (exact) mass is 278 g/mol. The number of benzene rings is 1. The van der Waals surface area contributed by atoms with Gasteiger partial charge in [-0.3, -0.25) is 0 Å². The van der Waals surface area contributed by atoms with E-state index in [4.69, 9.17) is 5.73 Å². The van der Waals surface area contributed by atoms with Gasteiger partial charge in [-0.25, -0.2) is 0 Å². The molecule has 84 valence electrons. The molecule has 1 aliphatic rings. The van der Waals surface area contributed by atoms with Gasteiger partial charge in [0.1, 0.15) is 0 Å². The molecule has 1 aromatic carbocycles. The lowest BCUT2D eigenvalue weighted by molar-refractivity contribution is 0.255. The molecule has 2 N–H and O–H groups in total. The lowest BCUT2D eigenvalue weighted by Gasteiger charge is -2.38. The van der Waals surface area contributed by atoms with Crippen molar-refractivity contribution < 1.29 is 0 Å². The van der Waals surface area contributed by atoms with Crippen LogP contribution in [-0.4, -0.2) is 4.57 Å². The van der Waals surface area contributed by atoms with Crippen LogP contribution in [0.2, 0.25) is 0 Å². The maximum atomic E-state index is 6.42. The van der Waals surface area contributed by atoms with E-state index in [0.717, 1.165) is 17.3 Å². The Balaban J connectivity index is 2.28. The van der Waals surface area contributed by atoms with Crippen molar-refractivity contribution in [3.63, 3.8) is 0 Å². The highest BCUT2D eigenvalue weighted by atomic mass is 79.9. The SMILES string of the molecule is Cn1cc(C2(N)CCC2)c2cc(Br)ccc21. The summed E-state index contributed by atoms with van der Waals surface area (Å²) in [6, 6.07) is 6.40. The third-order valence-corrected chi connectivity index (χ3v) is 4.23. The Kier molecular flexibility index (Phi) is 2.17. The number of hydrogen-bond acceptors (Lipinski definition) is 1. The van der Waals surface area contributed by atoms with Crippen LogP contribution in [-0.2, 0) is 12.6 Å². The van der Waals surface area contributed by atoms with Crippen molar-refractivity contribution in [2.45, 2.75) is 24.8 Å². The van der Waals surface area contributed by atoms with Gasteiger partial charge in [0.2, 0.25) is 0 Å². The van der Waals surface area contributed by atoms with Gasteiger partial charge in [-0.2, -0.15) is 0 Å². The van der Waals surface area contributed by atoms with Gasteiger partial charge in [0.25, 0.3) is 0 Å². The molecule has 3 rings (SSSR count). The van der Waals surface area contributed by atoms with Crippen LogP contribution in [0.3, 0.4) is 0 Å². The lowest BCUT2D eigenvalue weighted by Crippen LogP contribution is -2.43. The molecule has 3 heteroatoms. The van der Waals surface area contributed by atoms with Gasteiger partial charge in [0, 0.05) is 34.2 Å². The molecular weight excluding hydrogens is 264 g/mol. The Morgan fingerprint density at radius 1 is 1.38 bits per heavy atom. The number of rotatable bonds is 1. The minimum Gasteiger partial charge on any atom is -0.350 e. The largest absolute Gasteiger partial charge is 0.350 e. The zero-order valence-electron chi connectivity index (χ0n) is 9.33. The fraction of sp³-hybridized carbons (Fsp3) is 0.385. The van der Waals surface area contributed by atoms with Gasteiger partial charge >= 0.3 is 0 Å². The first-order valence-electron chi connectivity index (χ1n) is 5.64. The van der Waals surface area contributed by atoms with E-state index in [1.165, 1.54) is 22.9 Å². The zero-order valence-corrected chi connectivity index (χ0v) is 10.9. The van der Waals surface area contributed by atoms with E-state index < -0.39 is 0 Å². The maximum absolute atomic E-state index is 6.42. The van der Waals surface area contributed by atoms with Crippen LogP contribution >= 0.6 is 15.9 Å². The summed E-state index contributed by atoms with van der Waals surface area (Å²) >= 11 is 3.53. The summed E-state index contributed by atoms with van der Waals surface area (Å²) in [7, 11) is 2.09. The van der Waals surface area contributed by atoms with Crippen molar-refractivity contribution in [2.75, 3.05) is 0 Å². The summed E-state index contributed by atoms with van der Waals surface area (Å²) in [5, 5.41) is 1.29. The molecule has 0 atom stereocenters. The van der Waals surface area contributed by atoms with Crippen LogP contribution in [0.4, 0.5) is 0 Å². The third-order valence-electron chi connectivity index (χ3n) is 3.73. The van der Waals surface area contributed by atoms with Crippen LogP contribution in [0, 0.1) is 0 Å². The highest BCUT2D eigenvalue weighted by Gasteiger charge is 2.36. The summed E-state index contributed by atoms with van der Waals surface area (Å²) in [5.74, 6) is 0. The predicted molar refractivity (Wildman–Crippen MR) is 70.3 cm³/mol. The first-order valence-corrected chi connectivity index (χ1v) is 6.43. The second-order valence-electron chi connectivity index (χ2n) is 4.82. The number of hydrogen-bond donors (Lipinski definition) is 1. The Bertz CT molecular complexity index is 552. The van der Waals surface area contributed by atoms with E-state index >= 15 is 0 Å². The van der Waals surface area contributed by atoms with Gasteiger partial charge in [-0.15, -0.1) is 0 Å². The normalized spacial score (nSPS) is 18.7. The molecule has 0 spiro atoms. The first-order chi connectivity index (χ1) is 7.60. The predicted octanol–water partition coefficient (Wildman–Crippen LogP) is 3.28. The summed E-state index contributed by atoms with van der Waals surface area (Å²) in [6.45, 7) is 0. The van der Waals surface area contributed by atoms with Crippen molar-refractivity contribution in [2.24, 2.45) is 12.8 Å². The van der Waals surface area contributed by atoms with Crippen LogP contribution in [0.15, 0.2) is 28.9 Å². The first kappa shape index (κ1) is 10.4. The van der Waals surface area contributed by atoms with Crippen LogP contribution < -0.4 is 5.73 Å².